The van der Waals surface area contributed by atoms with E-state index in [1.54, 1.807) is 24.1 Å². The highest BCUT2D eigenvalue weighted by Crippen LogP contribution is 2.31. The summed E-state index contributed by atoms with van der Waals surface area (Å²) < 4.78 is 19.5. The van der Waals surface area contributed by atoms with Crippen LogP contribution in [0.5, 0.6) is 0 Å². The number of hydrogen-bond acceptors (Lipinski definition) is 5. The molecule has 1 saturated carbocycles. The minimum atomic E-state index is -0.807. The van der Waals surface area contributed by atoms with Gasteiger partial charge in [0.1, 0.15) is 6.17 Å². The number of ether oxygens (including phenoxy) is 1. The predicted octanol–water partition coefficient (Wildman–Crippen LogP) is 3.62. The number of piperidine rings is 1. The Morgan fingerprint density at radius 2 is 2.04 bits per heavy atom. The number of carbonyl (C=O) groups excluding carboxylic acids is 2. The second-order valence-electron chi connectivity index (χ2n) is 7.53. The van der Waals surface area contributed by atoms with E-state index in [-0.39, 0.29) is 23.8 Å². The van der Waals surface area contributed by atoms with Crippen LogP contribution in [-0.2, 0) is 9.53 Å². The molecular formula is C20H24FN3O3S. The van der Waals surface area contributed by atoms with E-state index in [1.807, 2.05) is 6.07 Å². The molecule has 8 heteroatoms. The average molecular weight is 405 g/mol. The SMILES string of the molecule is COC1CCC(C(=O)Nc2nc3ccc(C(=O)N4CCC(F)CC4)cc3s2)C1. The standard InChI is InChI=1S/C20H24FN3O3S/c1-27-15-4-2-12(10-15)18(25)23-20-22-16-5-3-13(11-17(16)28-20)19(26)24-8-6-14(21)7-9-24/h3,5,11-12,14-15H,2,4,6-10H2,1H3,(H,22,23,25). The summed E-state index contributed by atoms with van der Waals surface area (Å²) in [6, 6.07) is 5.36. The number of aromatic nitrogens is 1. The van der Waals surface area contributed by atoms with Crippen molar-refractivity contribution in [3.05, 3.63) is 23.8 Å². The van der Waals surface area contributed by atoms with Crippen molar-refractivity contribution in [2.75, 3.05) is 25.5 Å². The molecule has 1 aromatic carbocycles. The fourth-order valence-electron chi connectivity index (χ4n) is 3.94. The minimum absolute atomic E-state index is 0.0241. The van der Waals surface area contributed by atoms with Gasteiger partial charge in [0.05, 0.1) is 16.3 Å². The second-order valence-corrected chi connectivity index (χ2v) is 8.56. The molecule has 2 aromatic rings. The maximum atomic E-state index is 13.3. The van der Waals surface area contributed by atoms with Gasteiger partial charge in [-0.05, 0) is 50.3 Å². The molecule has 150 valence electrons. The molecule has 0 spiro atoms. The molecule has 0 bridgehead atoms. The van der Waals surface area contributed by atoms with Gasteiger partial charge < -0.3 is 15.0 Å². The van der Waals surface area contributed by atoms with Gasteiger partial charge in [-0.15, -0.1) is 0 Å². The molecule has 2 atom stereocenters. The Balaban J connectivity index is 1.44. The number of rotatable bonds is 4. The van der Waals surface area contributed by atoms with Crippen LogP contribution in [0.15, 0.2) is 18.2 Å². The molecule has 28 heavy (non-hydrogen) atoms. The molecule has 2 fully saturated rings. The average Bonchev–Trinajstić information content (AvgIpc) is 3.33. The molecule has 1 aliphatic heterocycles. The lowest BCUT2D eigenvalue weighted by Crippen LogP contribution is -2.39. The smallest absolute Gasteiger partial charge is 0.253 e. The lowest BCUT2D eigenvalue weighted by atomic mass is 10.1. The molecule has 1 aromatic heterocycles. The van der Waals surface area contributed by atoms with E-state index in [1.165, 1.54) is 11.3 Å². The van der Waals surface area contributed by atoms with Crippen molar-refractivity contribution in [2.45, 2.75) is 44.4 Å². The number of alkyl halides is 1. The van der Waals surface area contributed by atoms with E-state index in [2.05, 4.69) is 10.3 Å². The first-order chi connectivity index (χ1) is 13.5. The lowest BCUT2D eigenvalue weighted by Gasteiger charge is -2.28. The number of halogens is 1. The molecule has 2 unspecified atom stereocenters. The van der Waals surface area contributed by atoms with Crippen LogP contribution < -0.4 is 5.32 Å². The maximum Gasteiger partial charge on any atom is 0.253 e. The van der Waals surface area contributed by atoms with Crippen molar-refractivity contribution >= 4 is 38.5 Å². The highest BCUT2D eigenvalue weighted by atomic mass is 32.1. The third-order valence-corrected chi connectivity index (χ3v) is 6.60. The summed E-state index contributed by atoms with van der Waals surface area (Å²) in [5.74, 6) is -0.152. The van der Waals surface area contributed by atoms with Gasteiger partial charge in [0.15, 0.2) is 5.13 Å². The molecule has 1 saturated heterocycles. The van der Waals surface area contributed by atoms with Crippen LogP contribution in [0, 0.1) is 5.92 Å². The number of amides is 2. The van der Waals surface area contributed by atoms with Crippen LogP contribution in [0.3, 0.4) is 0 Å². The quantitative estimate of drug-likeness (QED) is 0.843. The van der Waals surface area contributed by atoms with Gasteiger partial charge in [0.25, 0.3) is 5.91 Å². The number of likely N-dealkylation sites (tertiary alicyclic amines) is 1. The molecule has 0 radical (unpaired) electrons. The lowest BCUT2D eigenvalue weighted by molar-refractivity contribution is -0.119. The van der Waals surface area contributed by atoms with Crippen molar-refractivity contribution in [3.8, 4) is 0 Å². The van der Waals surface area contributed by atoms with Crippen molar-refractivity contribution in [2.24, 2.45) is 5.92 Å². The number of hydrogen-bond donors (Lipinski definition) is 1. The van der Waals surface area contributed by atoms with E-state index in [4.69, 9.17) is 4.74 Å². The maximum absolute atomic E-state index is 13.3. The minimum Gasteiger partial charge on any atom is -0.381 e. The summed E-state index contributed by atoms with van der Waals surface area (Å²) in [5.41, 5.74) is 1.32. The van der Waals surface area contributed by atoms with E-state index < -0.39 is 6.17 Å². The fourth-order valence-corrected chi connectivity index (χ4v) is 4.85. The molecule has 4 rings (SSSR count). The molecule has 1 aliphatic carbocycles. The van der Waals surface area contributed by atoms with Crippen LogP contribution in [0.4, 0.5) is 9.52 Å². The molecule has 6 nitrogen and oxygen atoms in total. The normalized spacial score (nSPS) is 23.3. The number of benzene rings is 1. The molecule has 2 aliphatic rings. The Bertz CT molecular complexity index is 879. The van der Waals surface area contributed by atoms with Crippen molar-refractivity contribution in [1.82, 2.24) is 9.88 Å². The number of fused-ring (bicyclic) bond motifs is 1. The Labute approximate surface area is 167 Å². The van der Waals surface area contributed by atoms with Crippen LogP contribution >= 0.6 is 11.3 Å². The van der Waals surface area contributed by atoms with Crippen LogP contribution in [0.1, 0.15) is 42.5 Å². The Kier molecular flexibility index (Phi) is 5.59. The van der Waals surface area contributed by atoms with Crippen LogP contribution in [-0.4, -0.2) is 54.2 Å². The van der Waals surface area contributed by atoms with Crippen molar-refractivity contribution in [1.29, 1.82) is 0 Å². The summed E-state index contributed by atoms with van der Waals surface area (Å²) >= 11 is 1.36. The first kappa shape index (κ1) is 19.3. The zero-order valence-electron chi connectivity index (χ0n) is 15.8. The number of anilines is 1. The second kappa shape index (κ2) is 8.13. The Hall–Kier alpha value is -2.06. The highest BCUT2D eigenvalue weighted by Gasteiger charge is 2.30. The topological polar surface area (TPSA) is 71.5 Å². The molecule has 2 amide bonds. The monoisotopic (exact) mass is 405 g/mol. The summed E-state index contributed by atoms with van der Waals surface area (Å²) in [6.07, 6.45) is 2.61. The first-order valence-corrected chi connectivity index (χ1v) is 10.5. The third-order valence-electron chi connectivity index (χ3n) is 5.67. The predicted molar refractivity (Wildman–Crippen MR) is 106 cm³/mol. The largest absolute Gasteiger partial charge is 0.381 e. The zero-order valence-corrected chi connectivity index (χ0v) is 16.6. The summed E-state index contributed by atoms with van der Waals surface area (Å²) in [6.45, 7) is 0.901. The number of nitrogens with one attached hydrogen (secondary N) is 1. The first-order valence-electron chi connectivity index (χ1n) is 9.71. The van der Waals surface area contributed by atoms with Crippen LogP contribution in [0.25, 0.3) is 10.2 Å². The summed E-state index contributed by atoms with van der Waals surface area (Å²) in [5, 5.41) is 3.46. The van der Waals surface area contributed by atoms with E-state index in [9.17, 15) is 14.0 Å². The number of nitrogens with zero attached hydrogens (tertiary/aromatic N) is 2. The highest BCUT2D eigenvalue weighted by molar-refractivity contribution is 7.22. The van der Waals surface area contributed by atoms with Crippen LogP contribution in [0.2, 0.25) is 0 Å². The van der Waals surface area contributed by atoms with Gasteiger partial charge in [-0.1, -0.05) is 11.3 Å². The van der Waals surface area contributed by atoms with Gasteiger partial charge in [-0.25, -0.2) is 9.37 Å². The Morgan fingerprint density at radius 1 is 1.25 bits per heavy atom. The molecule has 2 heterocycles. The molecule has 1 N–H and O–H groups in total. The van der Waals surface area contributed by atoms with Crippen molar-refractivity contribution in [3.63, 3.8) is 0 Å². The van der Waals surface area contributed by atoms with Gasteiger partial charge in [0.2, 0.25) is 5.91 Å². The summed E-state index contributed by atoms with van der Waals surface area (Å²) in [4.78, 5) is 31.3. The number of carbonyl (C=O) groups is 2. The van der Waals surface area contributed by atoms with Gasteiger partial charge >= 0.3 is 0 Å². The van der Waals surface area contributed by atoms with E-state index in [0.29, 0.717) is 36.6 Å². The zero-order chi connectivity index (χ0) is 19.7. The van der Waals surface area contributed by atoms with E-state index >= 15 is 0 Å². The van der Waals surface area contributed by atoms with Gasteiger partial charge in [-0.2, -0.15) is 0 Å². The fraction of sp³-hybridized carbons (Fsp3) is 0.550. The van der Waals surface area contributed by atoms with E-state index in [0.717, 1.165) is 29.5 Å². The molecular weight excluding hydrogens is 381 g/mol. The third kappa shape index (κ3) is 4.03. The van der Waals surface area contributed by atoms with Gasteiger partial charge in [0, 0.05) is 31.7 Å². The number of thiazole rings is 1. The summed E-state index contributed by atoms with van der Waals surface area (Å²) in [7, 11) is 1.68. The van der Waals surface area contributed by atoms with Crippen molar-refractivity contribution < 1.29 is 18.7 Å². The van der Waals surface area contributed by atoms with Gasteiger partial charge in [-0.3, -0.25) is 9.59 Å². The number of methoxy groups -OCH3 is 1. The Morgan fingerprint density at radius 3 is 2.75 bits per heavy atom.